The van der Waals surface area contributed by atoms with Gasteiger partial charge in [-0.2, -0.15) is 0 Å². The van der Waals surface area contributed by atoms with Crippen LogP contribution in [0.5, 0.6) is 0 Å². The number of rotatable bonds is 3. The molecule has 1 atom stereocenters. The number of carboxylic acid groups (broad SMARTS) is 1. The van der Waals surface area contributed by atoms with Gasteiger partial charge in [0.1, 0.15) is 0 Å². The molecule has 1 aromatic heterocycles. The summed E-state index contributed by atoms with van der Waals surface area (Å²) >= 11 is 0. The molecule has 1 unspecified atom stereocenters. The van der Waals surface area contributed by atoms with Gasteiger partial charge in [0.25, 0.3) is 0 Å². The van der Waals surface area contributed by atoms with Crippen LogP contribution >= 0.6 is 0 Å². The first-order valence-electron chi connectivity index (χ1n) is 5.66. The summed E-state index contributed by atoms with van der Waals surface area (Å²) in [5.74, 6) is -0.246. The summed E-state index contributed by atoms with van der Waals surface area (Å²) in [5.41, 5.74) is 0.697. The summed E-state index contributed by atoms with van der Waals surface area (Å²) in [7, 11) is 0. The summed E-state index contributed by atoms with van der Waals surface area (Å²) in [6.45, 7) is 3.15. The molecule has 0 radical (unpaired) electrons. The van der Waals surface area contributed by atoms with E-state index in [0.29, 0.717) is 11.6 Å². The highest BCUT2D eigenvalue weighted by Gasteiger charge is 2.22. The van der Waals surface area contributed by atoms with Gasteiger partial charge in [0, 0.05) is 36.6 Å². The topological polar surface area (TPSA) is 66.3 Å². The number of anilines is 1. The predicted molar refractivity (Wildman–Crippen MR) is 64.7 cm³/mol. The van der Waals surface area contributed by atoms with Gasteiger partial charge in [-0.3, -0.25) is 0 Å². The SMILES string of the molecule is CC1CCCN1c1ncc(/C=C/C(=O)O)cn1. The molecule has 5 heteroatoms. The summed E-state index contributed by atoms with van der Waals surface area (Å²) in [6.07, 6.45) is 8.20. The van der Waals surface area contributed by atoms with Crippen LogP contribution < -0.4 is 4.90 Å². The fourth-order valence-electron chi connectivity index (χ4n) is 1.96. The van der Waals surface area contributed by atoms with E-state index in [1.54, 1.807) is 12.4 Å². The standard InChI is InChI=1S/C12H15N3O2/c1-9-3-2-6-15(9)12-13-7-10(8-14-12)4-5-11(16)17/h4-5,7-9H,2-3,6H2,1H3,(H,16,17)/b5-4+. The normalized spacial score (nSPS) is 20.1. The van der Waals surface area contributed by atoms with E-state index in [4.69, 9.17) is 5.11 Å². The van der Waals surface area contributed by atoms with E-state index in [1.165, 1.54) is 18.9 Å². The molecule has 0 bridgehead atoms. The lowest BCUT2D eigenvalue weighted by atomic mass is 10.2. The molecule has 5 nitrogen and oxygen atoms in total. The molecule has 1 saturated heterocycles. The van der Waals surface area contributed by atoms with Crippen molar-refractivity contribution in [3.8, 4) is 0 Å². The monoisotopic (exact) mass is 233 g/mol. The Morgan fingerprint density at radius 3 is 2.76 bits per heavy atom. The van der Waals surface area contributed by atoms with Gasteiger partial charge in [0.2, 0.25) is 5.95 Å². The molecule has 0 saturated carbocycles. The summed E-state index contributed by atoms with van der Waals surface area (Å²) in [5, 5.41) is 8.50. The van der Waals surface area contributed by atoms with Crippen LogP contribution in [-0.4, -0.2) is 33.6 Å². The van der Waals surface area contributed by atoms with Crippen molar-refractivity contribution in [2.75, 3.05) is 11.4 Å². The van der Waals surface area contributed by atoms with Gasteiger partial charge in [-0.05, 0) is 25.8 Å². The molecule has 1 aromatic rings. The van der Waals surface area contributed by atoms with E-state index in [0.717, 1.165) is 18.6 Å². The number of hydrogen-bond donors (Lipinski definition) is 1. The fraction of sp³-hybridized carbons (Fsp3) is 0.417. The second-order valence-corrected chi connectivity index (χ2v) is 4.17. The third-order valence-corrected chi connectivity index (χ3v) is 2.89. The largest absolute Gasteiger partial charge is 0.478 e. The Labute approximate surface area is 99.8 Å². The lowest BCUT2D eigenvalue weighted by molar-refractivity contribution is -0.131. The highest BCUT2D eigenvalue weighted by molar-refractivity contribution is 5.85. The zero-order valence-corrected chi connectivity index (χ0v) is 9.71. The van der Waals surface area contributed by atoms with Gasteiger partial charge in [0.15, 0.2) is 0 Å². The third-order valence-electron chi connectivity index (χ3n) is 2.89. The average molecular weight is 233 g/mol. The van der Waals surface area contributed by atoms with Crippen LogP contribution in [0.25, 0.3) is 6.08 Å². The van der Waals surface area contributed by atoms with E-state index in [-0.39, 0.29) is 0 Å². The van der Waals surface area contributed by atoms with Crippen molar-refractivity contribution in [1.82, 2.24) is 9.97 Å². The van der Waals surface area contributed by atoms with Crippen molar-refractivity contribution in [2.24, 2.45) is 0 Å². The maximum Gasteiger partial charge on any atom is 0.328 e. The maximum atomic E-state index is 10.4. The molecule has 1 N–H and O–H groups in total. The van der Waals surface area contributed by atoms with E-state index < -0.39 is 5.97 Å². The van der Waals surface area contributed by atoms with E-state index in [2.05, 4.69) is 21.8 Å². The van der Waals surface area contributed by atoms with Gasteiger partial charge in [-0.25, -0.2) is 14.8 Å². The van der Waals surface area contributed by atoms with Crippen LogP contribution in [0, 0.1) is 0 Å². The molecular formula is C12H15N3O2. The lowest BCUT2D eigenvalue weighted by Crippen LogP contribution is -2.28. The molecule has 90 valence electrons. The molecule has 2 heterocycles. The van der Waals surface area contributed by atoms with Crippen LogP contribution in [0.1, 0.15) is 25.3 Å². The number of hydrogen-bond acceptors (Lipinski definition) is 4. The summed E-state index contributed by atoms with van der Waals surface area (Å²) < 4.78 is 0. The van der Waals surface area contributed by atoms with Crippen LogP contribution in [0.4, 0.5) is 5.95 Å². The quantitative estimate of drug-likeness (QED) is 0.802. The van der Waals surface area contributed by atoms with Crippen LogP contribution in [-0.2, 0) is 4.79 Å². The minimum atomic E-state index is -0.970. The number of carbonyl (C=O) groups is 1. The first-order valence-corrected chi connectivity index (χ1v) is 5.66. The molecule has 1 fully saturated rings. The lowest BCUT2D eigenvalue weighted by Gasteiger charge is -2.20. The Kier molecular flexibility index (Phi) is 3.37. The predicted octanol–water partition coefficient (Wildman–Crippen LogP) is 1.56. The molecule has 0 aliphatic carbocycles. The maximum absolute atomic E-state index is 10.4. The van der Waals surface area contributed by atoms with Gasteiger partial charge in [-0.15, -0.1) is 0 Å². The summed E-state index contributed by atoms with van der Waals surface area (Å²) in [4.78, 5) is 21.0. The molecule has 0 aromatic carbocycles. The Hall–Kier alpha value is -1.91. The number of aromatic nitrogens is 2. The number of carboxylic acids is 1. The first kappa shape index (κ1) is 11.6. The number of nitrogens with zero attached hydrogens (tertiary/aromatic N) is 3. The van der Waals surface area contributed by atoms with Crippen molar-refractivity contribution >= 4 is 18.0 Å². The van der Waals surface area contributed by atoms with E-state index >= 15 is 0 Å². The Bertz CT molecular complexity index is 428. The average Bonchev–Trinajstić information content (AvgIpc) is 2.73. The number of aliphatic carboxylic acids is 1. The van der Waals surface area contributed by atoms with Crippen LogP contribution in [0.2, 0.25) is 0 Å². The second kappa shape index (κ2) is 4.95. The Morgan fingerprint density at radius 1 is 1.53 bits per heavy atom. The zero-order chi connectivity index (χ0) is 12.3. The van der Waals surface area contributed by atoms with Crippen molar-refractivity contribution in [3.63, 3.8) is 0 Å². The second-order valence-electron chi connectivity index (χ2n) is 4.17. The van der Waals surface area contributed by atoms with E-state index in [9.17, 15) is 4.79 Å². The highest BCUT2D eigenvalue weighted by atomic mass is 16.4. The molecule has 2 rings (SSSR count). The molecule has 1 aliphatic heterocycles. The molecule has 1 aliphatic rings. The van der Waals surface area contributed by atoms with E-state index in [1.807, 2.05) is 0 Å². The smallest absolute Gasteiger partial charge is 0.328 e. The van der Waals surface area contributed by atoms with Gasteiger partial charge < -0.3 is 10.0 Å². The van der Waals surface area contributed by atoms with Gasteiger partial charge in [-0.1, -0.05) is 0 Å². The van der Waals surface area contributed by atoms with Crippen molar-refractivity contribution < 1.29 is 9.90 Å². The molecule has 17 heavy (non-hydrogen) atoms. The minimum absolute atomic E-state index is 0.482. The molecule has 0 amide bonds. The van der Waals surface area contributed by atoms with Crippen molar-refractivity contribution in [1.29, 1.82) is 0 Å². The van der Waals surface area contributed by atoms with Crippen LogP contribution in [0.3, 0.4) is 0 Å². The highest BCUT2D eigenvalue weighted by Crippen LogP contribution is 2.21. The minimum Gasteiger partial charge on any atom is -0.478 e. The summed E-state index contributed by atoms with van der Waals surface area (Å²) in [6, 6.07) is 0.482. The Morgan fingerprint density at radius 2 is 2.24 bits per heavy atom. The Balaban J connectivity index is 2.10. The first-order chi connectivity index (χ1) is 8.16. The van der Waals surface area contributed by atoms with Crippen molar-refractivity contribution in [3.05, 3.63) is 24.0 Å². The van der Waals surface area contributed by atoms with Crippen LogP contribution in [0.15, 0.2) is 18.5 Å². The zero-order valence-electron chi connectivity index (χ0n) is 9.71. The molecular weight excluding hydrogens is 218 g/mol. The van der Waals surface area contributed by atoms with Crippen molar-refractivity contribution in [2.45, 2.75) is 25.8 Å². The van der Waals surface area contributed by atoms with Gasteiger partial charge in [0.05, 0.1) is 0 Å². The van der Waals surface area contributed by atoms with Gasteiger partial charge >= 0.3 is 5.97 Å². The fourth-order valence-corrected chi connectivity index (χ4v) is 1.96. The third kappa shape index (κ3) is 2.81. The molecule has 0 spiro atoms.